The first-order valence-corrected chi connectivity index (χ1v) is 5.75. The fourth-order valence-electron chi connectivity index (χ4n) is 2.30. The van der Waals surface area contributed by atoms with Crippen LogP contribution in [-0.2, 0) is 9.59 Å². The molecule has 1 aliphatic carbocycles. The van der Waals surface area contributed by atoms with E-state index in [4.69, 9.17) is 5.11 Å². The van der Waals surface area contributed by atoms with Gasteiger partial charge in [0.2, 0.25) is 5.91 Å². The predicted octanol–water partition coefficient (Wildman–Crippen LogP) is 1.90. The Bertz CT molecular complexity index is 330. The number of carboxylic acid groups (broad SMARTS) is 1. The fourth-order valence-corrected chi connectivity index (χ4v) is 2.30. The van der Waals surface area contributed by atoms with E-state index in [0.29, 0.717) is 24.2 Å². The summed E-state index contributed by atoms with van der Waals surface area (Å²) in [6.45, 7) is -1.29. The number of carbonyl (C=O) groups is 2. The molecule has 0 bridgehead atoms. The lowest BCUT2D eigenvalue weighted by atomic mass is 9.81. The van der Waals surface area contributed by atoms with Crippen LogP contribution in [0.2, 0.25) is 0 Å². The van der Waals surface area contributed by atoms with Crippen molar-refractivity contribution < 1.29 is 27.9 Å². The summed E-state index contributed by atoms with van der Waals surface area (Å²) in [7, 11) is 1.10. The van der Waals surface area contributed by atoms with Gasteiger partial charge in [-0.1, -0.05) is 6.42 Å². The van der Waals surface area contributed by atoms with Crippen molar-refractivity contribution in [2.24, 2.45) is 11.8 Å². The molecule has 0 aromatic carbocycles. The van der Waals surface area contributed by atoms with E-state index in [1.807, 2.05) is 0 Å². The van der Waals surface area contributed by atoms with Crippen molar-refractivity contribution in [3.05, 3.63) is 0 Å². The molecule has 1 saturated carbocycles. The SMILES string of the molecule is CN(CC(F)(F)F)C(=O)[C@H]1CCC[C@@H](C(=O)O)C1. The molecular weight excluding hydrogens is 251 g/mol. The average molecular weight is 267 g/mol. The van der Waals surface area contributed by atoms with Gasteiger partial charge in [0.05, 0.1) is 5.92 Å². The van der Waals surface area contributed by atoms with E-state index in [1.54, 1.807) is 0 Å². The molecule has 1 aliphatic rings. The van der Waals surface area contributed by atoms with E-state index < -0.39 is 36.4 Å². The summed E-state index contributed by atoms with van der Waals surface area (Å²) in [5, 5.41) is 8.86. The van der Waals surface area contributed by atoms with Crippen LogP contribution in [0.1, 0.15) is 25.7 Å². The molecule has 0 heterocycles. The Balaban J connectivity index is 2.58. The first-order chi connectivity index (χ1) is 8.20. The molecule has 0 spiro atoms. The topological polar surface area (TPSA) is 57.6 Å². The fraction of sp³-hybridized carbons (Fsp3) is 0.818. The Morgan fingerprint density at radius 3 is 2.33 bits per heavy atom. The summed E-state index contributed by atoms with van der Waals surface area (Å²) in [4.78, 5) is 23.2. The number of nitrogens with zero attached hydrogens (tertiary/aromatic N) is 1. The van der Waals surface area contributed by atoms with Gasteiger partial charge in [0.1, 0.15) is 6.54 Å². The number of aliphatic carboxylic acids is 1. The molecule has 0 radical (unpaired) electrons. The van der Waals surface area contributed by atoms with Gasteiger partial charge >= 0.3 is 12.1 Å². The van der Waals surface area contributed by atoms with Crippen LogP contribution in [0.15, 0.2) is 0 Å². The quantitative estimate of drug-likeness (QED) is 0.849. The highest BCUT2D eigenvalue weighted by atomic mass is 19.4. The van der Waals surface area contributed by atoms with Crippen molar-refractivity contribution in [2.75, 3.05) is 13.6 Å². The number of rotatable bonds is 3. The second-order valence-electron chi connectivity index (χ2n) is 4.71. The summed E-state index contributed by atoms with van der Waals surface area (Å²) in [5.41, 5.74) is 0. The van der Waals surface area contributed by atoms with Crippen molar-refractivity contribution in [2.45, 2.75) is 31.9 Å². The minimum absolute atomic E-state index is 0.135. The molecule has 0 saturated heterocycles. The molecule has 2 atom stereocenters. The van der Waals surface area contributed by atoms with Gasteiger partial charge in [-0.2, -0.15) is 13.2 Å². The van der Waals surface area contributed by atoms with E-state index in [0.717, 1.165) is 7.05 Å². The first-order valence-electron chi connectivity index (χ1n) is 5.75. The van der Waals surface area contributed by atoms with Crippen LogP contribution in [0.4, 0.5) is 13.2 Å². The Morgan fingerprint density at radius 1 is 1.28 bits per heavy atom. The van der Waals surface area contributed by atoms with Gasteiger partial charge < -0.3 is 10.0 Å². The molecule has 104 valence electrons. The molecule has 0 unspecified atom stereocenters. The Kier molecular flexibility index (Phi) is 4.59. The highest BCUT2D eigenvalue weighted by Crippen LogP contribution is 2.31. The van der Waals surface area contributed by atoms with Crippen LogP contribution in [-0.4, -0.2) is 41.7 Å². The number of amides is 1. The van der Waals surface area contributed by atoms with E-state index >= 15 is 0 Å². The number of alkyl halides is 3. The summed E-state index contributed by atoms with van der Waals surface area (Å²) in [6.07, 6.45) is -2.78. The lowest BCUT2D eigenvalue weighted by Gasteiger charge is -2.29. The molecule has 1 N–H and O–H groups in total. The zero-order chi connectivity index (χ0) is 13.9. The second kappa shape index (κ2) is 5.58. The number of carboxylic acids is 1. The Labute approximate surface area is 103 Å². The molecule has 18 heavy (non-hydrogen) atoms. The minimum Gasteiger partial charge on any atom is -0.481 e. The van der Waals surface area contributed by atoms with E-state index in [1.165, 1.54) is 0 Å². The third-order valence-electron chi connectivity index (χ3n) is 3.17. The van der Waals surface area contributed by atoms with Crippen molar-refractivity contribution in [3.63, 3.8) is 0 Å². The monoisotopic (exact) mass is 267 g/mol. The van der Waals surface area contributed by atoms with E-state index in [-0.39, 0.29) is 6.42 Å². The van der Waals surface area contributed by atoms with Crippen molar-refractivity contribution in [1.82, 2.24) is 4.90 Å². The van der Waals surface area contributed by atoms with Crippen LogP contribution in [0.25, 0.3) is 0 Å². The van der Waals surface area contributed by atoms with Crippen molar-refractivity contribution in [3.8, 4) is 0 Å². The maximum atomic E-state index is 12.2. The number of hydrogen-bond acceptors (Lipinski definition) is 2. The van der Waals surface area contributed by atoms with Gasteiger partial charge in [-0.3, -0.25) is 9.59 Å². The Hall–Kier alpha value is -1.27. The largest absolute Gasteiger partial charge is 0.481 e. The first kappa shape index (κ1) is 14.8. The van der Waals surface area contributed by atoms with Crippen LogP contribution < -0.4 is 0 Å². The van der Waals surface area contributed by atoms with E-state index in [2.05, 4.69) is 0 Å². The smallest absolute Gasteiger partial charge is 0.406 e. The van der Waals surface area contributed by atoms with Crippen molar-refractivity contribution in [1.29, 1.82) is 0 Å². The summed E-state index contributed by atoms with van der Waals surface area (Å²) >= 11 is 0. The number of halogens is 3. The third kappa shape index (κ3) is 4.19. The second-order valence-corrected chi connectivity index (χ2v) is 4.71. The normalized spacial score (nSPS) is 24.7. The molecular formula is C11H16F3NO3. The highest BCUT2D eigenvalue weighted by molar-refractivity contribution is 5.80. The third-order valence-corrected chi connectivity index (χ3v) is 3.17. The highest BCUT2D eigenvalue weighted by Gasteiger charge is 2.36. The number of hydrogen-bond donors (Lipinski definition) is 1. The van der Waals surface area contributed by atoms with Gasteiger partial charge in [-0.25, -0.2) is 0 Å². The molecule has 1 rings (SSSR count). The maximum absolute atomic E-state index is 12.2. The maximum Gasteiger partial charge on any atom is 0.406 e. The van der Waals surface area contributed by atoms with Gasteiger partial charge in [-0.15, -0.1) is 0 Å². The lowest BCUT2D eigenvalue weighted by molar-refractivity contribution is -0.162. The molecule has 1 fully saturated rings. The van der Waals surface area contributed by atoms with Gasteiger partial charge in [0.25, 0.3) is 0 Å². The summed E-state index contributed by atoms with van der Waals surface area (Å²) < 4.78 is 36.5. The average Bonchev–Trinajstić information content (AvgIpc) is 2.26. The zero-order valence-corrected chi connectivity index (χ0v) is 10.0. The van der Waals surface area contributed by atoms with Gasteiger partial charge in [0.15, 0.2) is 0 Å². The summed E-state index contributed by atoms with van der Waals surface area (Å²) in [5.74, 6) is -2.82. The molecule has 0 aromatic heterocycles. The molecule has 4 nitrogen and oxygen atoms in total. The van der Waals surface area contributed by atoms with Crippen molar-refractivity contribution >= 4 is 11.9 Å². The predicted molar refractivity (Wildman–Crippen MR) is 56.8 cm³/mol. The molecule has 1 amide bonds. The van der Waals surface area contributed by atoms with E-state index in [9.17, 15) is 22.8 Å². The standard InChI is InChI=1S/C11H16F3NO3/c1-15(6-11(12,13)14)9(16)7-3-2-4-8(5-7)10(17)18/h7-8H,2-6H2,1H3,(H,17,18)/t7-,8+/m0/s1. The Morgan fingerprint density at radius 2 is 1.83 bits per heavy atom. The van der Waals surface area contributed by atoms with Crippen LogP contribution >= 0.6 is 0 Å². The lowest BCUT2D eigenvalue weighted by Crippen LogP contribution is -2.41. The minimum atomic E-state index is -4.43. The van der Waals surface area contributed by atoms with Crippen LogP contribution in [0, 0.1) is 11.8 Å². The van der Waals surface area contributed by atoms with Crippen LogP contribution in [0.3, 0.4) is 0 Å². The number of carbonyl (C=O) groups excluding carboxylic acids is 1. The van der Waals surface area contributed by atoms with Gasteiger partial charge in [-0.05, 0) is 19.3 Å². The molecule has 7 heteroatoms. The van der Waals surface area contributed by atoms with Crippen LogP contribution in [0.5, 0.6) is 0 Å². The zero-order valence-electron chi connectivity index (χ0n) is 10.0. The summed E-state index contributed by atoms with van der Waals surface area (Å²) in [6, 6.07) is 0. The van der Waals surface area contributed by atoms with Gasteiger partial charge in [0, 0.05) is 13.0 Å². The molecule has 0 aromatic rings. The molecule has 0 aliphatic heterocycles.